The number of anilines is 2. The Morgan fingerprint density at radius 1 is 1.21 bits per heavy atom. The van der Waals surface area contributed by atoms with Crippen LogP contribution in [-0.4, -0.2) is 25.5 Å². The average molecular weight is 324 g/mol. The number of carbonyl (C=O) groups excluding carboxylic acids is 2. The van der Waals surface area contributed by atoms with E-state index in [9.17, 15) is 9.59 Å². The maximum atomic E-state index is 13.0. The summed E-state index contributed by atoms with van der Waals surface area (Å²) in [5.41, 5.74) is 3.90. The van der Waals surface area contributed by atoms with Crippen molar-refractivity contribution in [1.29, 1.82) is 0 Å². The van der Waals surface area contributed by atoms with Crippen LogP contribution >= 0.6 is 0 Å². The molecule has 0 aromatic heterocycles. The van der Waals surface area contributed by atoms with Crippen molar-refractivity contribution in [3.05, 3.63) is 53.1 Å². The molecule has 2 aromatic rings. The van der Waals surface area contributed by atoms with Crippen molar-refractivity contribution in [3.8, 4) is 5.75 Å². The lowest BCUT2D eigenvalue weighted by molar-refractivity contribution is -0.115. The number of hydrogen-bond acceptors (Lipinski definition) is 4. The minimum atomic E-state index is -0.338. The molecule has 24 heavy (non-hydrogen) atoms. The summed E-state index contributed by atoms with van der Waals surface area (Å²) < 4.78 is 5.23. The second-order valence-electron chi connectivity index (χ2n) is 5.83. The lowest BCUT2D eigenvalue weighted by Gasteiger charge is -2.22. The Bertz CT molecular complexity index is 814. The van der Waals surface area contributed by atoms with Crippen LogP contribution in [0.1, 0.15) is 28.4 Å². The number of amides is 2. The number of hydrogen-bond donors (Lipinski definition) is 1. The van der Waals surface area contributed by atoms with Gasteiger partial charge in [-0.3, -0.25) is 9.59 Å². The molecule has 0 saturated heterocycles. The lowest BCUT2D eigenvalue weighted by Crippen LogP contribution is -2.35. The fourth-order valence-corrected chi connectivity index (χ4v) is 3.07. The van der Waals surface area contributed by atoms with Gasteiger partial charge >= 0.3 is 0 Å². The quantitative estimate of drug-likeness (QED) is 0.942. The fraction of sp³-hybridized carbons (Fsp3) is 0.263. The summed E-state index contributed by atoms with van der Waals surface area (Å²) in [6.07, 6.45) is 0.894. The summed E-state index contributed by atoms with van der Waals surface area (Å²) in [6, 6.07) is 10.9. The highest BCUT2D eigenvalue weighted by molar-refractivity contribution is 6.22. The van der Waals surface area contributed by atoms with Crippen LogP contribution in [0.25, 0.3) is 0 Å². The summed E-state index contributed by atoms with van der Waals surface area (Å²) in [7, 11) is 1.59. The summed E-state index contributed by atoms with van der Waals surface area (Å²) >= 11 is 0. The smallest absolute Gasteiger partial charge is 0.265 e. The maximum absolute atomic E-state index is 13.0. The molecule has 1 heterocycles. The number of aryl methyl sites for hydroxylation is 1. The first-order valence-electron chi connectivity index (χ1n) is 7.88. The van der Waals surface area contributed by atoms with Gasteiger partial charge in [0.1, 0.15) is 5.75 Å². The van der Waals surface area contributed by atoms with E-state index in [1.54, 1.807) is 31.4 Å². The molecule has 0 fully saturated rings. The molecule has 0 bridgehead atoms. The number of para-hydroxylation sites is 1. The Morgan fingerprint density at radius 3 is 2.67 bits per heavy atom. The second-order valence-corrected chi connectivity index (χ2v) is 5.83. The van der Waals surface area contributed by atoms with Crippen molar-refractivity contribution in [3.63, 3.8) is 0 Å². The van der Waals surface area contributed by atoms with Crippen molar-refractivity contribution in [2.75, 3.05) is 23.9 Å². The first kappa shape index (κ1) is 16.1. The van der Waals surface area contributed by atoms with E-state index in [-0.39, 0.29) is 11.8 Å². The van der Waals surface area contributed by atoms with Gasteiger partial charge in [-0.25, -0.2) is 4.90 Å². The highest BCUT2D eigenvalue weighted by Gasteiger charge is 2.27. The molecule has 5 nitrogen and oxygen atoms in total. The van der Waals surface area contributed by atoms with Crippen molar-refractivity contribution < 1.29 is 14.3 Å². The van der Waals surface area contributed by atoms with Crippen LogP contribution in [-0.2, 0) is 11.2 Å². The summed E-state index contributed by atoms with van der Waals surface area (Å²) in [5, 5.41) is 3.27. The molecule has 1 aliphatic heterocycles. The number of benzene rings is 2. The Kier molecular flexibility index (Phi) is 4.25. The number of carbonyl (C=O) groups is 2. The van der Waals surface area contributed by atoms with Gasteiger partial charge in [-0.1, -0.05) is 12.1 Å². The molecule has 124 valence electrons. The average Bonchev–Trinajstić information content (AvgIpc) is 3.04. The van der Waals surface area contributed by atoms with Crippen molar-refractivity contribution in [2.24, 2.45) is 0 Å². The van der Waals surface area contributed by atoms with E-state index in [2.05, 4.69) is 5.32 Å². The molecule has 0 saturated carbocycles. The predicted molar refractivity (Wildman–Crippen MR) is 93.9 cm³/mol. The minimum Gasteiger partial charge on any atom is -0.496 e. The Balaban J connectivity index is 2.03. The van der Waals surface area contributed by atoms with E-state index in [0.717, 1.165) is 29.8 Å². The van der Waals surface area contributed by atoms with Gasteiger partial charge in [-0.2, -0.15) is 0 Å². The van der Waals surface area contributed by atoms with Crippen LogP contribution in [0.5, 0.6) is 5.75 Å². The standard InChI is InChI=1S/C19H20N2O3/c1-12-11-15(7-8-17(12)24-3)19(23)21(13(2)22)16-6-4-5-14-9-10-20-18(14)16/h4-8,11,20H,9-10H2,1-3H3. The topological polar surface area (TPSA) is 58.6 Å². The third-order valence-electron chi connectivity index (χ3n) is 4.23. The molecule has 2 aromatic carbocycles. The van der Waals surface area contributed by atoms with Crippen LogP contribution < -0.4 is 15.0 Å². The first-order valence-corrected chi connectivity index (χ1v) is 7.88. The number of nitrogens with one attached hydrogen (secondary N) is 1. The van der Waals surface area contributed by atoms with Gasteiger partial charge in [-0.05, 0) is 48.7 Å². The third kappa shape index (κ3) is 2.73. The summed E-state index contributed by atoms with van der Waals surface area (Å²) in [6.45, 7) is 4.09. The number of imide groups is 1. The molecule has 0 unspecified atom stereocenters. The molecule has 0 aliphatic carbocycles. The Labute approximate surface area is 141 Å². The normalized spacial score (nSPS) is 12.3. The van der Waals surface area contributed by atoms with E-state index >= 15 is 0 Å². The molecule has 0 radical (unpaired) electrons. The van der Waals surface area contributed by atoms with E-state index in [4.69, 9.17) is 4.74 Å². The van der Waals surface area contributed by atoms with Crippen molar-refractivity contribution in [2.45, 2.75) is 20.3 Å². The minimum absolute atomic E-state index is 0.310. The van der Waals surface area contributed by atoms with Gasteiger partial charge in [-0.15, -0.1) is 0 Å². The molecule has 5 heteroatoms. The second kappa shape index (κ2) is 6.35. The molecular weight excluding hydrogens is 304 g/mol. The van der Waals surface area contributed by atoms with E-state index in [1.165, 1.54) is 11.8 Å². The number of rotatable bonds is 3. The van der Waals surface area contributed by atoms with Crippen LogP contribution in [0.15, 0.2) is 36.4 Å². The predicted octanol–water partition coefficient (Wildman–Crippen LogP) is 3.16. The van der Waals surface area contributed by atoms with Crippen LogP contribution in [0.2, 0.25) is 0 Å². The highest BCUT2D eigenvalue weighted by Crippen LogP contribution is 2.34. The Morgan fingerprint density at radius 2 is 2.00 bits per heavy atom. The molecular formula is C19H20N2O3. The van der Waals surface area contributed by atoms with Crippen molar-refractivity contribution in [1.82, 2.24) is 0 Å². The van der Waals surface area contributed by atoms with Crippen molar-refractivity contribution >= 4 is 23.2 Å². The number of ether oxygens (including phenoxy) is 1. The van der Waals surface area contributed by atoms with Gasteiger partial charge in [0.15, 0.2) is 0 Å². The van der Waals surface area contributed by atoms with Gasteiger partial charge in [0.25, 0.3) is 5.91 Å². The van der Waals surface area contributed by atoms with E-state index in [1.807, 2.05) is 19.1 Å². The zero-order chi connectivity index (χ0) is 17.3. The van der Waals surface area contributed by atoms with Crippen LogP contribution in [0.4, 0.5) is 11.4 Å². The molecule has 3 rings (SSSR count). The summed E-state index contributed by atoms with van der Waals surface area (Å²) in [4.78, 5) is 26.4. The number of fused-ring (bicyclic) bond motifs is 1. The molecule has 0 spiro atoms. The molecule has 1 aliphatic rings. The van der Waals surface area contributed by atoms with Crippen LogP contribution in [0, 0.1) is 6.92 Å². The fourth-order valence-electron chi connectivity index (χ4n) is 3.07. The SMILES string of the molecule is COc1ccc(C(=O)N(C(C)=O)c2cccc3c2NCC3)cc1C. The Hall–Kier alpha value is -2.82. The van der Waals surface area contributed by atoms with Gasteiger partial charge in [0, 0.05) is 19.0 Å². The summed E-state index contributed by atoms with van der Waals surface area (Å²) in [5.74, 6) is 0.0640. The molecule has 2 amide bonds. The largest absolute Gasteiger partial charge is 0.496 e. The molecule has 1 N–H and O–H groups in total. The van der Waals surface area contributed by atoms with E-state index < -0.39 is 0 Å². The van der Waals surface area contributed by atoms with Crippen LogP contribution in [0.3, 0.4) is 0 Å². The molecule has 0 atom stereocenters. The maximum Gasteiger partial charge on any atom is 0.265 e. The van der Waals surface area contributed by atoms with Gasteiger partial charge in [0.05, 0.1) is 18.5 Å². The highest BCUT2D eigenvalue weighted by atomic mass is 16.5. The lowest BCUT2D eigenvalue weighted by atomic mass is 10.1. The zero-order valence-electron chi connectivity index (χ0n) is 14.1. The van der Waals surface area contributed by atoms with E-state index in [0.29, 0.717) is 17.0 Å². The monoisotopic (exact) mass is 324 g/mol. The van der Waals surface area contributed by atoms with Gasteiger partial charge < -0.3 is 10.1 Å². The number of methoxy groups -OCH3 is 1. The number of nitrogens with zero attached hydrogens (tertiary/aromatic N) is 1. The first-order chi connectivity index (χ1) is 11.5. The third-order valence-corrected chi connectivity index (χ3v) is 4.23. The zero-order valence-corrected chi connectivity index (χ0v) is 14.1. The van der Waals surface area contributed by atoms with Gasteiger partial charge in [0.2, 0.25) is 5.91 Å².